The van der Waals surface area contributed by atoms with Gasteiger partial charge in [-0.2, -0.15) is 5.10 Å². The Bertz CT molecular complexity index is 1460. The molecule has 0 aromatic carbocycles. The molecule has 1 fully saturated rings. The van der Waals surface area contributed by atoms with Crippen molar-refractivity contribution in [3.8, 4) is 11.3 Å². The lowest BCUT2D eigenvalue weighted by Crippen LogP contribution is -2.36. The van der Waals surface area contributed by atoms with Crippen molar-refractivity contribution in [2.75, 3.05) is 31.6 Å². The summed E-state index contributed by atoms with van der Waals surface area (Å²) in [6.07, 6.45) is 7.02. The van der Waals surface area contributed by atoms with Crippen molar-refractivity contribution in [2.24, 2.45) is 0 Å². The Hall–Kier alpha value is -2.30. The molecule has 1 aliphatic heterocycles. The predicted molar refractivity (Wildman–Crippen MR) is 138 cm³/mol. The van der Waals surface area contributed by atoms with E-state index in [2.05, 4.69) is 53.9 Å². The van der Waals surface area contributed by atoms with Crippen LogP contribution in [0, 0.1) is 13.8 Å². The lowest BCUT2D eigenvalue weighted by molar-refractivity contribution is 0.223. The van der Waals surface area contributed by atoms with E-state index in [1.54, 1.807) is 17.7 Å². The molecule has 5 rings (SSSR count). The van der Waals surface area contributed by atoms with Crippen molar-refractivity contribution in [3.05, 3.63) is 34.2 Å². The van der Waals surface area contributed by atoms with Crippen LogP contribution in [0.2, 0.25) is 0 Å². The number of piperidine rings is 1. The molecule has 34 heavy (non-hydrogen) atoms. The molecule has 1 N–H and O–H groups in total. The van der Waals surface area contributed by atoms with E-state index in [1.165, 1.54) is 22.4 Å². The molecule has 182 valence electrons. The molecule has 0 saturated carbocycles. The summed E-state index contributed by atoms with van der Waals surface area (Å²) in [6, 6.07) is 0. The van der Waals surface area contributed by atoms with Crippen molar-refractivity contribution in [1.82, 2.24) is 29.5 Å². The van der Waals surface area contributed by atoms with Gasteiger partial charge >= 0.3 is 0 Å². The lowest BCUT2D eigenvalue weighted by atomic mass is 9.95. The number of sulfone groups is 1. The molecule has 8 nitrogen and oxygen atoms in total. The highest BCUT2D eigenvalue weighted by molar-refractivity contribution is 7.90. The van der Waals surface area contributed by atoms with Crippen LogP contribution in [0.25, 0.3) is 27.3 Å². The molecule has 0 radical (unpaired) electrons. The van der Waals surface area contributed by atoms with Crippen LogP contribution in [0.1, 0.15) is 60.2 Å². The maximum atomic E-state index is 11.5. The van der Waals surface area contributed by atoms with Crippen LogP contribution in [-0.4, -0.2) is 69.5 Å². The number of fused-ring (bicyclic) bond motifs is 2. The first kappa shape index (κ1) is 23.4. The minimum atomic E-state index is -2.92. The Balaban J connectivity index is 1.44. The van der Waals surface area contributed by atoms with Crippen LogP contribution < -0.4 is 0 Å². The van der Waals surface area contributed by atoms with Gasteiger partial charge in [-0.15, -0.1) is 11.3 Å². The number of hydrogen-bond donors (Lipinski definition) is 1. The van der Waals surface area contributed by atoms with Crippen molar-refractivity contribution < 1.29 is 8.42 Å². The Morgan fingerprint density at radius 1 is 1.21 bits per heavy atom. The van der Waals surface area contributed by atoms with E-state index in [9.17, 15) is 8.42 Å². The average molecular weight is 501 g/mol. The molecule has 0 bridgehead atoms. The second kappa shape index (κ2) is 8.73. The molecule has 0 spiro atoms. The van der Waals surface area contributed by atoms with Gasteiger partial charge in [-0.05, 0) is 56.8 Å². The van der Waals surface area contributed by atoms with Gasteiger partial charge in [0, 0.05) is 36.0 Å². The van der Waals surface area contributed by atoms with Crippen molar-refractivity contribution in [3.63, 3.8) is 0 Å². The summed E-state index contributed by atoms with van der Waals surface area (Å²) < 4.78 is 24.8. The normalized spacial score (nSPS) is 16.4. The predicted octanol–water partition coefficient (Wildman–Crippen LogP) is 4.30. The third kappa shape index (κ3) is 4.27. The zero-order valence-corrected chi connectivity index (χ0v) is 22.1. The number of thiazole rings is 1. The smallest absolute Gasteiger partial charge is 0.158 e. The Morgan fingerprint density at radius 2 is 1.94 bits per heavy atom. The molecule has 4 aromatic heterocycles. The van der Waals surface area contributed by atoms with Gasteiger partial charge in [-0.25, -0.2) is 22.9 Å². The van der Waals surface area contributed by atoms with Gasteiger partial charge in [0.2, 0.25) is 0 Å². The highest BCUT2D eigenvalue weighted by Crippen LogP contribution is 2.41. The first-order valence-corrected chi connectivity index (χ1v) is 14.7. The maximum absolute atomic E-state index is 11.5. The number of rotatable bonds is 6. The molecular weight excluding hydrogens is 468 g/mol. The van der Waals surface area contributed by atoms with Gasteiger partial charge in [0.25, 0.3) is 0 Å². The van der Waals surface area contributed by atoms with Crippen LogP contribution in [-0.2, 0) is 9.84 Å². The van der Waals surface area contributed by atoms with Gasteiger partial charge < -0.3 is 9.88 Å². The van der Waals surface area contributed by atoms with E-state index in [1.807, 2.05) is 4.52 Å². The fourth-order valence-electron chi connectivity index (χ4n) is 5.00. The van der Waals surface area contributed by atoms with Crippen molar-refractivity contribution in [1.29, 1.82) is 0 Å². The molecule has 1 saturated heterocycles. The minimum absolute atomic E-state index is 0.234. The standard InChI is InChI=1S/C24H32N6O2S2/c1-14(2)19-20(18-12-30-22(25-13-26-30)16(4)15(18)3)27-24-21(19)28-23(33-24)17-6-8-29(9-7-17)10-11-34(5,31)32/h12-14,17,27H,6-11H2,1-5H3. The highest BCUT2D eigenvalue weighted by Gasteiger charge is 2.27. The maximum Gasteiger partial charge on any atom is 0.158 e. The second-order valence-corrected chi connectivity index (χ2v) is 13.2. The number of aryl methyl sites for hydroxylation is 1. The summed E-state index contributed by atoms with van der Waals surface area (Å²) in [6.45, 7) is 11.2. The highest BCUT2D eigenvalue weighted by atomic mass is 32.2. The van der Waals surface area contributed by atoms with Crippen LogP contribution in [0.3, 0.4) is 0 Å². The summed E-state index contributed by atoms with van der Waals surface area (Å²) in [5, 5.41) is 5.56. The van der Waals surface area contributed by atoms with Gasteiger partial charge in [0.1, 0.15) is 26.5 Å². The van der Waals surface area contributed by atoms with Crippen LogP contribution in [0.15, 0.2) is 12.5 Å². The van der Waals surface area contributed by atoms with E-state index < -0.39 is 9.84 Å². The quantitative estimate of drug-likeness (QED) is 0.424. The van der Waals surface area contributed by atoms with Gasteiger partial charge in [-0.1, -0.05) is 13.8 Å². The van der Waals surface area contributed by atoms with E-state index in [0.717, 1.165) is 58.7 Å². The third-order valence-corrected chi connectivity index (χ3v) is 9.15. The minimum Gasteiger partial charge on any atom is -0.345 e. The van der Waals surface area contributed by atoms with Crippen molar-refractivity contribution in [2.45, 2.75) is 52.4 Å². The fourth-order valence-corrected chi connectivity index (χ4v) is 6.75. The number of aromatic amines is 1. The van der Waals surface area contributed by atoms with Gasteiger partial charge in [-0.3, -0.25) is 0 Å². The zero-order chi connectivity index (χ0) is 24.2. The van der Waals surface area contributed by atoms with Crippen LogP contribution in [0.4, 0.5) is 0 Å². The van der Waals surface area contributed by atoms with E-state index in [0.29, 0.717) is 18.4 Å². The summed E-state index contributed by atoms with van der Waals surface area (Å²) >= 11 is 1.77. The number of likely N-dealkylation sites (tertiary alicyclic amines) is 1. The largest absolute Gasteiger partial charge is 0.345 e. The third-order valence-electron chi connectivity index (χ3n) is 7.09. The monoisotopic (exact) mass is 500 g/mol. The lowest BCUT2D eigenvalue weighted by Gasteiger charge is -2.30. The molecule has 0 aliphatic carbocycles. The summed E-state index contributed by atoms with van der Waals surface area (Å²) in [5.41, 5.74) is 7.85. The molecule has 10 heteroatoms. The summed E-state index contributed by atoms with van der Waals surface area (Å²) in [4.78, 5) is 16.7. The summed E-state index contributed by atoms with van der Waals surface area (Å²) in [7, 11) is -2.92. The van der Waals surface area contributed by atoms with Crippen LogP contribution in [0.5, 0.6) is 0 Å². The molecule has 0 amide bonds. The average Bonchev–Trinajstić information content (AvgIpc) is 3.48. The first-order valence-electron chi connectivity index (χ1n) is 11.8. The van der Waals surface area contributed by atoms with Crippen molar-refractivity contribution >= 4 is 37.2 Å². The van der Waals surface area contributed by atoms with Gasteiger partial charge in [0.15, 0.2) is 5.65 Å². The number of hydrogen-bond acceptors (Lipinski definition) is 7. The fraction of sp³-hybridized carbons (Fsp3) is 0.542. The van der Waals surface area contributed by atoms with Crippen LogP contribution >= 0.6 is 11.3 Å². The topological polar surface area (TPSA) is 96.2 Å². The molecule has 0 unspecified atom stereocenters. The Labute approximate surface area is 204 Å². The van der Waals surface area contributed by atoms with E-state index >= 15 is 0 Å². The number of H-pyrrole nitrogens is 1. The SMILES string of the molecule is Cc1c(-c2[nH]c3sc(C4CCN(CCS(C)(=O)=O)CC4)nc3c2C(C)C)cn2ncnc2c1C. The molecule has 1 aliphatic rings. The molecule has 4 aromatic rings. The Morgan fingerprint density at radius 3 is 2.62 bits per heavy atom. The number of nitrogens with one attached hydrogen (secondary N) is 1. The number of aromatic nitrogens is 5. The molecule has 5 heterocycles. The second-order valence-electron chi connectivity index (χ2n) is 9.86. The Kier molecular flexibility index (Phi) is 6.02. The van der Waals surface area contributed by atoms with Gasteiger partial charge in [0.05, 0.1) is 16.5 Å². The number of nitrogens with zero attached hydrogens (tertiary/aromatic N) is 5. The number of pyridine rings is 1. The zero-order valence-electron chi connectivity index (χ0n) is 20.4. The van der Waals surface area contributed by atoms with E-state index in [-0.39, 0.29) is 5.75 Å². The van der Waals surface area contributed by atoms with E-state index in [4.69, 9.17) is 4.98 Å². The molecule has 0 atom stereocenters. The first-order chi connectivity index (χ1) is 16.1. The molecular formula is C24H32N6O2S2. The summed E-state index contributed by atoms with van der Waals surface area (Å²) in [5.74, 6) is 0.986.